The number of thiophene rings is 2. The first-order valence-electron chi connectivity index (χ1n) is 29.3. The van der Waals surface area contributed by atoms with Crippen molar-refractivity contribution >= 4 is 75.5 Å². The Kier molecular flexibility index (Phi) is 16.7. The van der Waals surface area contributed by atoms with Crippen LogP contribution in [0.1, 0.15) is 65.4 Å². The predicted octanol–water partition coefficient (Wildman–Crippen LogP) is 22.5. The van der Waals surface area contributed by atoms with Crippen molar-refractivity contribution in [2.75, 3.05) is 6.54 Å². The van der Waals surface area contributed by atoms with Crippen LogP contribution in [0.15, 0.2) is 167 Å². The molecule has 8 nitrogen and oxygen atoms in total. The molecule has 2 heterocycles. The molecule has 0 bridgehead atoms. The number of alkyl halides is 12. The smallest absolute Gasteiger partial charge is 0.301 e. The van der Waals surface area contributed by atoms with E-state index in [-0.39, 0.29) is 68.7 Å². The molecule has 0 atom stereocenters. The van der Waals surface area contributed by atoms with Crippen LogP contribution < -0.4 is 10.9 Å². The van der Waals surface area contributed by atoms with Gasteiger partial charge in [-0.1, -0.05) is 107 Å². The number of halogens is 12. The number of hydrogen-bond acceptors (Lipinski definition) is 7. The maximum atomic E-state index is 13.7. The molecule has 22 heteroatoms. The van der Waals surface area contributed by atoms with Gasteiger partial charge in [0.05, 0.1) is 56.9 Å². The van der Waals surface area contributed by atoms with E-state index in [1.807, 2.05) is 107 Å². The Morgan fingerprint density at radius 3 is 1.01 bits per heavy atom. The molecule has 0 fully saturated rings. The fourth-order valence-corrected chi connectivity index (χ4v) is 15.6. The number of aryl methyl sites for hydroxylation is 4. The van der Waals surface area contributed by atoms with E-state index in [1.165, 1.54) is 41.7 Å². The van der Waals surface area contributed by atoms with Crippen LogP contribution in [0, 0.1) is 81.4 Å². The molecule has 99 heavy (non-hydrogen) atoms. The summed E-state index contributed by atoms with van der Waals surface area (Å²) < 4.78 is 164. The van der Waals surface area contributed by atoms with E-state index < -0.39 is 52.4 Å². The summed E-state index contributed by atoms with van der Waals surface area (Å²) in [6.45, 7) is 29.5. The molecule has 484 valence electrons. The summed E-state index contributed by atoms with van der Waals surface area (Å²) in [6.07, 6.45) is -20.1. The minimum Gasteiger partial charge on any atom is -0.301 e. The highest BCUT2D eigenvalue weighted by Gasteiger charge is 2.42. The first-order chi connectivity index (χ1) is 46.8. The van der Waals surface area contributed by atoms with E-state index in [1.54, 1.807) is 12.1 Å². The van der Waals surface area contributed by atoms with Gasteiger partial charge in [-0.05, 0) is 166 Å². The van der Waals surface area contributed by atoms with E-state index in [4.69, 9.17) is 25.0 Å². The maximum Gasteiger partial charge on any atom is 0.416 e. The average molecular weight is 1370 g/mol. The maximum absolute atomic E-state index is 13.7. The Bertz CT molecular complexity index is 5820. The van der Waals surface area contributed by atoms with Crippen molar-refractivity contribution in [1.82, 2.24) is 0 Å². The van der Waals surface area contributed by atoms with Crippen molar-refractivity contribution in [3.63, 3.8) is 0 Å². The topological polar surface area (TPSA) is 119 Å². The van der Waals surface area contributed by atoms with Crippen LogP contribution in [0.5, 0.6) is 0 Å². The van der Waals surface area contributed by atoms with Gasteiger partial charge in [0.2, 0.25) is 10.9 Å². The Labute approximate surface area is 562 Å². The first-order valence-corrected chi connectivity index (χ1v) is 31.0. The van der Waals surface area contributed by atoms with Crippen molar-refractivity contribution in [1.29, 1.82) is 15.8 Å². The SMILES string of the molecule is Cc1cc(C)cc(-c2ccc3c(c2)c(=O)c2sc4c(=O)c5cc(-c6cc(C(F)(F)F)cc(C(F)(F)F)c6)ccc5c4c23)c1.[C-]#[N+]/C(C#N)=C1/c2cc(-c3cc(C(F)(F)F)cc(C(F)(F)F)c3)ccc2-c2c1sc1c2-c2ccc(-c3cc(C)cc(C)c3)cc2/C1=C(/C#N)[N+]#[C-].[C-]#[N+]CC#N. The van der Waals surface area contributed by atoms with E-state index in [0.29, 0.717) is 109 Å². The van der Waals surface area contributed by atoms with Crippen molar-refractivity contribution in [3.8, 4) is 85.0 Å². The summed E-state index contributed by atoms with van der Waals surface area (Å²) in [6, 6.07) is 40.5. The largest absolute Gasteiger partial charge is 0.416 e. The van der Waals surface area contributed by atoms with Gasteiger partial charge in [-0.15, -0.1) is 22.7 Å². The highest BCUT2D eigenvalue weighted by molar-refractivity contribution is 7.26. The summed E-state index contributed by atoms with van der Waals surface area (Å²) in [5.74, 6) is 0. The van der Waals surface area contributed by atoms with Crippen LogP contribution in [0.25, 0.3) is 134 Å². The number of nitriles is 3. The Morgan fingerprint density at radius 1 is 0.394 bits per heavy atom. The highest BCUT2D eigenvalue weighted by atomic mass is 32.1. The molecule has 14 rings (SSSR count). The third kappa shape index (κ3) is 11.9. The highest BCUT2D eigenvalue weighted by Crippen LogP contribution is 2.62. The number of hydrogen-bond donors (Lipinski definition) is 0. The lowest BCUT2D eigenvalue weighted by Gasteiger charge is -2.15. The molecular weight excluding hydrogens is 1330 g/mol. The number of benzene rings is 8. The van der Waals surface area contributed by atoms with Crippen molar-refractivity contribution in [2.24, 2.45) is 0 Å². The van der Waals surface area contributed by atoms with E-state index >= 15 is 0 Å². The van der Waals surface area contributed by atoms with Gasteiger partial charge in [-0.2, -0.15) is 57.9 Å². The number of allylic oxidation sites excluding steroid dienone is 2. The summed E-state index contributed by atoms with van der Waals surface area (Å²) in [5.41, 5.74) is 4.48. The third-order valence-electron chi connectivity index (χ3n) is 16.9. The second-order valence-corrected chi connectivity index (χ2v) is 25.5. The standard InChI is InChI=1S/C40H18F6N4S.C34H18F6O2S.C3H2N2/c1-19-9-20(2)11-23(10-19)21-5-7-27-29(14-21)33(31(17-47)49-3)37-35(27)36-28-8-6-22(15-30(28)34(38(36)51-37)32(18-48)50-4)24-12-25(39(41,42)43)16-26(13-24)40(44,45)46;1-15-7-16(2)9-19(8-15)17-3-5-23-25(12-17)29(41)31-27(23)28-24-6-4-18(13-26(24)30(42)32(28)43-31)20-10-21(33(35,36)37)14-22(11-20)34(38,39)40;1-5-3-2-4/h5-16H,1-2H3;3-14H,1-2H3;3H2/b33-31+,34-32-;;. The zero-order valence-electron chi connectivity index (χ0n) is 51.4. The zero-order valence-corrected chi connectivity index (χ0v) is 53.0. The van der Waals surface area contributed by atoms with Crippen LogP contribution >= 0.6 is 22.7 Å². The molecule has 0 saturated heterocycles. The van der Waals surface area contributed by atoms with Crippen molar-refractivity contribution in [3.05, 3.63) is 277 Å². The van der Waals surface area contributed by atoms with Crippen LogP contribution in [-0.4, -0.2) is 6.54 Å². The molecule has 10 aromatic carbocycles. The quantitative estimate of drug-likeness (QED) is 0.0753. The van der Waals surface area contributed by atoms with Gasteiger partial charge in [-0.3, -0.25) is 9.59 Å². The third-order valence-corrected chi connectivity index (χ3v) is 19.3. The number of fused-ring (bicyclic) bond motifs is 14. The van der Waals surface area contributed by atoms with Crippen LogP contribution in [0.2, 0.25) is 0 Å². The van der Waals surface area contributed by atoms with Crippen molar-refractivity contribution in [2.45, 2.75) is 52.4 Å². The summed E-state index contributed by atoms with van der Waals surface area (Å²) in [7, 11) is 0. The molecule has 2 aromatic heterocycles. The minimum absolute atomic E-state index is 0.0139. The molecule has 12 aromatic rings. The molecule has 0 N–H and O–H groups in total. The normalized spacial score (nSPS) is 13.4. The lowest BCUT2D eigenvalue weighted by Crippen LogP contribution is -2.11. The number of rotatable bonds is 4. The molecule has 0 unspecified atom stereocenters. The average Bonchev–Trinajstić information content (AvgIpc) is 1.53. The van der Waals surface area contributed by atoms with Crippen molar-refractivity contribution < 1.29 is 52.7 Å². The number of nitrogens with zero attached hydrogens (tertiary/aromatic N) is 6. The summed E-state index contributed by atoms with van der Waals surface area (Å²) in [4.78, 5) is 37.7. The fraction of sp³-hybridized carbons (Fsp3) is 0.117. The fourth-order valence-electron chi connectivity index (χ4n) is 12.9. The lowest BCUT2D eigenvalue weighted by atomic mass is 9.93. The van der Waals surface area contributed by atoms with Crippen LogP contribution in [-0.2, 0) is 24.7 Å². The van der Waals surface area contributed by atoms with E-state index in [2.05, 4.69) is 20.6 Å². The van der Waals surface area contributed by atoms with Gasteiger partial charge >= 0.3 is 24.7 Å². The van der Waals surface area contributed by atoms with Gasteiger partial charge < -0.3 is 4.85 Å². The second kappa shape index (κ2) is 24.6. The summed E-state index contributed by atoms with van der Waals surface area (Å²) in [5, 5.41) is 30.7. The van der Waals surface area contributed by atoms with Gasteiger partial charge in [0, 0.05) is 53.6 Å². The Morgan fingerprint density at radius 2 is 0.717 bits per heavy atom. The zero-order chi connectivity index (χ0) is 71.3. The van der Waals surface area contributed by atoms with Crippen LogP contribution in [0.3, 0.4) is 0 Å². The first kappa shape index (κ1) is 67.1. The second-order valence-electron chi connectivity index (χ2n) is 23.4. The Balaban J connectivity index is 0.000000178. The summed E-state index contributed by atoms with van der Waals surface area (Å²) >= 11 is 2.24. The van der Waals surface area contributed by atoms with Gasteiger partial charge in [-0.25, -0.2) is 26.8 Å². The molecule has 2 aliphatic carbocycles. The molecule has 0 aliphatic heterocycles. The van der Waals surface area contributed by atoms with E-state index in [0.717, 1.165) is 55.8 Å². The van der Waals surface area contributed by atoms with Gasteiger partial charge in [0.15, 0.2) is 0 Å². The van der Waals surface area contributed by atoms with Crippen LogP contribution in [0.4, 0.5) is 52.7 Å². The van der Waals surface area contributed by atoms with Gasteiger partial charge in [0.1, 0.15) is 6.07 Å². The Hall–Kier alpha value is -11.9. The predicted molar refractivity (Wildman–Crippen MR) is 359 cm³/mol. The molecule has 0 amide bonds. The molecule has 2 aliphatic rings. The van der Waals surface area contributed by atoms with Gasteiger partial charge in [0.25, 0.3) is 17.9 Å². The monoisotopic (exact) mass is 1370 g/mol. The minimum atomic E-state index is -5.05. The molecule has 0 radical (unpaired) electrons. The molecule has 0 saturated carbocycles. The molecule has 0 spiro atoms. The lowest BCUT2D eigenvalue weighted by molar-refractivity contribution is -0.144. The van der Waals surface area contributed by atoms with E-state index in [9.17, 15) is 72.8 Å². The molecular formula is C77H38F12N6O2S2.